The van der Waals surface area contributed by atoms with E-state index in [9.17, 15) is 0 Å². The molecule has 0 heterocycles. The van der Waals surface area contributed by atoms with Gasteiger partial charge in [0.15, 0.2) is 0 Å². The molecule has 0 fully saturated rings. The summed E-state index contributed by atoms with van der Waals surface area (Å²) in [6.45, 7) is 11.9. The van der Waals surface area contributed by atoms with Crippen molar-refractivity contribution in [3.63, 3.8) is 0 Å². The largest absolute Gasteiger partial charge is 0.329 e. The van der Waals surface area contributed by atoms with E-state index in [1.807, 2.05) is 0 Å². The lowest BCUT2D eigenvalue weighted by Crippen LogP contribution is -2.56. The van der Waals surface area contributed by atoms with Crippen LogP contribution in [-0.4, -0.2) is 55.1 Å². The second kappa shape index (κ2) is 6.46. The summed E-state index contributed by atoms with van der Waals surface area (Å²) in [7, 11) is 4.24. The first-order chi connectivity index (χ1) is 6.91. The first-order valence-electron chi connectivity index (χ1n) is 6.02. The second-order valence-electron chi connectivity index (χ2n) is 4.95. The minimum Gasteiger partial charge on any atom is -0.329 e. The summed E-state index contributed by atoms with van der Waals surface area (Å²) in [5.74, 6) is 0. The normalized spacial score (nSPS) is 18.2. The van der Waals surface area contributed by atoms with Crippen LogP contribution in [0.25, 0.3) is 0 Å². The number of nitrogens with zero attached hydrogens (tertiary/aromatic N) is 2. The zero-order valence-electron chi connectivity index (χ0n) is 11.4. The lowest BCUT2D eigenvalue weighted by atomic mass is 9.94. The summed E-state index contributed by atoms with van der Waals surface area (Å²) < 4.78 is 0. The van der Waals surface area contributed by atoms with E-state index in [0.29, 0.717) is 6.04 Å². The van der Waals surface area contributed by atoms with Gasteiger partial charge in [-0.1, -0.05) is 13.8 Å². The van der Waals surface area contributed by atoms with Crippen molar-refractivity contribution in [2.45, 2.75) is 45.7 Å². The Morgan fingerprint density at radius 3 is 2.07 bits per heavy atom. The molecule has 0 rings (SSSR count). The van der Waals surface area contributed by atoms with Gasteiger partial charge in [-0.2, -0.15) is 0 Å². The molecule has 0 aliphatic rings. The quantitative estimate of drug-likeness (QED) is 0.696. The minimum absolute atomic E-state index is 0.143. The lowest BCUT2D eigenvalue weighted by molar-refractivity contribution is 0.0584. The fourth-order valence-corrected chi connectivity index (χ4v) is 2.32. The monoisotopic (exact) mass is 215 g/mol. The van der Waals surface area contributed by atoms with E-state index >= 15 is 0 Å². The molecule has 2 atom stereocenters. The molecule has 0 radical (unpaired) electrons. The highest BCUT2D eigenvalue weighted by Crippen LogP contribution is 2.20. The van der Waals surface area contributed by atoms with Crippen molar-refractivity contribution in [2.24, 2.45) is 5.73 Å². The molecular weight excluding hydrogens is 186 g/mol. The van der Waals surface area contributed by atoms with Crippen molar-refractivity contribution < 1.29 is 0 Å². The Kier molecular flexibility index (Phi) is 6.41. The van der Waals surface area contributed by atoms with Gasteiger partial charge in [0, 0.05) is 24.7 Å². The highest BCUT2D eigenvalue weighted by atomic mass is 15.2. The van der Waals surface area contributed by atoms with Crippen LogP contribution >= 0.6 is 0 Å². The maximum absolute atomic E-state index is 5.91. The first-order valence-corrected chi connectivity index (χ1v) is 6.02. The van der Waals surface area contributed by atoms with Crippen LogP contribution in [0.3, 0.4) is 0 Å². The Morgan fingerprint density at radius 1 is 1.27 bits per heavy atom. The fourth-order valence-electron chi connectivity index (χ4n) is 2.32. The Hall–Kier alpha value is -0.120. The Morgan fingerprint density at radius 2 is 1.80 bits per heavy atom. The maximum Gasteiger partial charge on any atom is 0.0304 e. The van der Waals surface area contributed by atoms with Gasteiger partial charge in [-0.05, 0) is 40.9 Å². The average Bonchev–Trinajstić information content (AvgIpc) is 2.17. The molecule has 0 aliphatic carbocycles. The van der Waals surface area contributed by atoms with Crippen molar-refractivity contribution in [1.82, 2.24) is 9.80 Å². The summed E-state index contributed by atoms with van der Waals surface area (Å²) in [5, 5.41) is 0. The van der Waals surface area contributed by atoms with E-state index in [2.05, 4.69) is 51.6 Å². The van der Waals surface area contributed by atoms with Crippen LogP contribution in [0, 0.1) is 0 Å². The molecule has 0 saturated carbocycles. The summed E-state index contributed by atoms with van der Waals surface area (Å²) in [4.78, 5) is 4.76. The van der Waals surface area contributed by atoms with Crippen LogP contribution in [0.1, 0.15) is 34.1 Å². The summed E-state index contributed by atoms with van der Waals surface area (Å²) in [6.07, 6.45) is 1.11. The van der Waals surface area contributed by atoms with Crippen LogP contribution in [0.5, 0.6) is 0 Å². The van der Waals surface area contributed by atoms with Crippen molar-refractivity contribution in [3.05, 3.63) is 0 Å². The van der Waals surface area contributed by atoms with Gasteiger partial charge in [0.25, 0.3) is 0 Å². The predicted molar refractivity (Wildman–Crippen MR) is 68.1 cm³/mol. The summed E-state index contributed by atoms with van der Waals surface area (Å²) in [6, 6.07) is 0.554. The second-order valence-corrected chi connectivity index (χ2v) is 4.95. The maximum atomic E-state index is 5.91. The molecule has 3 heteroatoms. The molecule has 2 N–H and O–H groups in total. The molecule has 0 bridgehead atoms. The van der Waals surface area contributed by atoms with E-state index in [1.165, 1.54) is 0 Å². The number of nitrogens with two attached hydrogens (primary N) is 1. The van der Waals surface area contributed by atoms with Gasteiger partial charge in [-0.25, -0.2) is 0 Å². The van der Waals surface area contributed by atoms with E-state index in [1.54, 1.807) is 0 Å². The van der Waals surface area contributed by atoms with E-state index < -0.39 is 0 Å². The molecule has 3 nitrogen and oxygen atoms in total. The third-order valence-corrected chi connectivity index (χ3v) is 3.40. The van der Waals surface area contributed by atoms with Gasteiger partial charge < -0.3 is 10.6 Å². The fraction of sp³-hybridized carbons (Fsp3) is 1.00. The Labute approximate surface area is 95.6 Å². The molecule has 0 amide bonds. The SMILES string of the molecule is CCN(C(C)CN(C)C)C(C)(CC)CN. The topological polar surface area (TPSA) is 32.5 Å². The van der Waals surface area contributed by atoms with Crippen LogP contribution < -0.4 is 5.73 Å². The summed E-state index contributed by atoms with van der Waals surface area (Å²) >= 11 is 0. The van der Waals surface area contributed by atoms with Gasteiger partial charge in [0.1, 0.15) is 0 Å². The molecule has 92 valence electrons. The molecule has 0 aromatic carbocycles. The van der Waals surface area contributed by atoms with Gasteiger partial charge >= 0.3 is 0 Å². The smallest absolute Gasteiger partial charge is 0.0304 e. The van der Waals surface area contributed by atoms with Crippen LogP contribution in [0.2, 0.25) is 0 Å². The van der Waals surface area contributed by atoms with Crippen LogP contribution in [0.4, 0.5) is 0 Å². The third kappa shape index (κ3) is 4.09. The van der Waals surface area contributed by atoms with E-state index in [0.717, 1.165) is 26.1 Å². The van der Waals surface area contributed by atoms with Crippen LogP contribution in [0.15, 0.2) is 0 Å². The van der Waals surface area contributed by atoms with Crippen molar-refractivity contribution in [1.29, 1.82) is 0 Å². The zero-order chi connectivity index (χ0) is 12.1. The molecule has 15 heavy (non-hydrogen) atoms. The zero-order valence-corrected chi connectivity index (χ0v) is 11.4. The minimum atomic E-state index is 0.143. The molecule has 0 spiro atoms. The Bertz CT molecular complexity index is 164. The average molecular weight is 215 g/mol. The van der Waals surface area contributed by atoms with Gasteiger partial charge in [-0.3, -0.25) is 4.90 Å². The van der Waals surface area contributed by atoms with Gasteiger partial charge in [0.2, 0.25) is 0 Å². The number of rotatable bonds is 7. The van der Waals surface area contributed by atoms with E-state index in [-0.39, 0.29) is 5.54 Å². The molecule has 0 aliphatic heterocycles. The highest BCUT2D eigenvalue weighted by Gasteiger charge is 2.30. The summed E-state index contributed by atoms with van der Waals surface area (Å²) in [5.41, 5.74) is 6.05. The predicted octanol–water partition coefficient (Wildman–Crippen LogP) is 1.39. The van der Waals surface area contributed by atoms with Gasteiger partial charge in [-0.15, -0.1) is 0 Å². The van der Waals surface area contributed by atoms with E-state index in [4.69, 9.17) is 5.73 Å². The van der Waals surface area contributed by atoms with Crippen molar-refractivity contribution in [3.8, 4) is 0 Å². The molecule has 0 aromatic rings. The Balaban J connectivity index is 4.58. The first kappa shape index (κ1) is 14.9. The van der Waals surface area contributed by atoms with Crippen LogP contribution in [-0.2, 0) is 0 Å². The molecule has 2 unspecified atom stereocenters. The van der Waals surface area contributed by atoms with Crippen molar-refractivity contribution >= 4 is 0 Å². The molecule has 0 aromatic heterocycles. The van der Waals surface area contributed by atoms with Gasteiger partial charge in [0.05, 0.1) is 0 Å². The standard InChI is InChI=1S/C12H29N3/c1-7-12(4,10-13)15(8-2)11(3)9-14(5)6/h11H,7-10,13H2,1-6H3. The molecule has 0 saturated heterocycles. The number of likely N-dealkylation sites (N-methyl/N-ethyl adjacent to an activating group) is 2. The number of hydrogen-bond donors (Lipinski definition) is 1. The third-order valence-electron chi connectivity index (χ3n) is 3.40. The lowest BCUT2D eigenvalue weighted by Gasteiger charge is -2.44. The molecular formula is C12H29N3. The number of hydrogen-bond acceptors (Lipinski definition) is 3. The highest BCUT2D eigenvalue weighted by molar-refractivity contribution is 4.89. The van der Waals surface area contributed by atoms with Crippen molar-refractivity contribution in [2.75, 3.05) is 33.7 Å².